The number of hydrogen-bond acceptors (Lipinski definition) is 4. The van der Waals surface area contributed by atoms with Gasteiger partial charge < -0.3 is 9.32 Å². The number of fused-ring (bicyclic) bond motifs is 11. The molecule has 0 saturated heterocycles. The summed E-state index contributed by atoms with van der Waals surface area (Å²) in [4.78, 5) is 2.44. The average molecular weight is 696 g/mol. The molecule has 0 unspecified atom stereocenters. The normalized spacial score (nSPS) is 14.9. The van der Waals surface area contributed by atoms with Crippen molar-refractivity contribution in [3.05, 3.63) is 174 Å². The van der Waals surface area contributed by atoms with E-state index in [-0.39, 0.29) is 10.8 Å². The van der Waals surface area contributed by atoms with Crippen molar-refractivity contribution >= 4 is 49.4 Å². The fraction of sp³-hybridized carbons (Fsp3) is 0.120. The maximum Gasteiger partial charge on any atom is 0.248 e. The minimum atomic E-state index is -0.221. The van der Waals surface area contributed by atoms with Gasteiger partial charge in [-0.15, -0.1) is 10.2 Å². The molecule has 2 heterocycles. The van der Waals surface area contributed by atoms with Gasteiger partial charge in [-0.25, -0.2) is 0 Å². The van der Waals surface area contributed by atoms with Gasteiger partial charge >= 0.3 is 0 Å². The molecular weight excluding hydrogens is 659 g/mol. The van der Waals surface area contributed by atoms with Gasteiger partial charge in [0.05, 0.1) is 11.4 Å². The molecule has 0 radical (unpaired) electrons. The summed E-state index contributed by atoms with van der Waals surface area (Å²) in [5.41, 5.74) is 12.9. The van der Waals surface area contributed by atoms with Crippen LogP contribution in [0.2, 0.25) is 0 Å². The molecule has 4 nitrogen and oxygen atoms in total. The highest BCUT2D eigenvalue weighted by molar-refractivity contribution is 6.26. The Labute approximate surface area is 314 Å². The summed E-state index contributed by atoms with van der Waals surface area (Å²) in [5, 5.41) is 16.6. The second-order valence-corrected chi connectivity index (χ2v) is 15.9. The lowest BCUT2D eigenvalue weighted by molar-refractivity contribution is 0.584. The number of rotatable bonds is 3. The molecule has 2 aliphatic rings. The Hall–Kier alpha value is -6.52. The predicted octanol–water partition coefficient (Wildman–Crippen LogP) is 13.3. The van der Waals surface area contributed by atoms with Crippen LogP contribution in [0.15, 0.2) is 156 Å². The molecule has 0 N–H and O–H groups in total. The average Bonchev–Trinajstić information content (AvgIpc) is 3.79. The maximum atomic E-state index is 6.12. The van der Waals surface area contributed by atoms with E-state index in [4.69, 9.17) is 4.42 Å². The summed E-state index contributed by atoms with van der Waals surface area (Å²) in [6, 6.07) is 55.0. The lowest BCUT2D eigenvalue weighted by atomic mass is 9.72. The van der Waals surface area contributed by atoms with E-state index in [1.54, 1.807) is 0 Å². The van der Waals surface area contributed by atoms with E-state index < -0.39 is 0 Å². The predicted molar refractivity (Wildman–Crippen MR) is 222 cm³/mol. The molecule has 11 rings (SSSR count). The fourth-order valence-electron chi connectivity index (χ4n) is 9.39. The van der Waals surface area contributed by atoms with Gasteiger partial charge in [-0.05, 0) is 132 Å². The maximum absolute atomic E-state index is 6.12. The van der Waals surface area contributed by atoms with Crippen molar-refractivity contribution in [1.29, 1.82) is 0 Å². The molecule has 8 aromatic carbocycles. The SMILES string of the molecule is CC1(C)c2cc3c(cc2-c2cc4c5ccccc5c5ccccc5c4cc21)C(C)(C)c1ccccc1N3c1ccc(-c2nnc(-c3ccccc3)o2)cc1. The third kappa shape index (κ3) is 4.25. The highest BCUT2D eigenvalue weighted by atomic mass is 16.4. The molecule has 0 fully saturated rings. The zero-order valence-corrected chi connectivity index (χ0v) is 30.7. The van der Waals surface area contributed by atoms with E-state index in [9.17, 15) is 0 Å². The second-order valence-electron chi connectivity index (χ2n) is 15.9. The van der Waals surface area contributed by atoms with Crippen LogP contribution in [0.5, 0.6) is 0 Å². The van der Waals surface area contributed by atoms with Crippen LogP contribution in [0, 0.1) is 0 Å². The topological polar surface area (TPSA) is 42.2 Å². The first-order valence-electron chi connectivity index (χ1n) is 18.7. The molecule has 4 heteroatoms. The number of aromatic nitrogens is 2. The van der Waals surface area contributed by atoms with Gasteiger partial charge in [-0.3, -0.25) is 0 Å². The van der Waals surface area contributed by atoms with E-state index in [2.05, 4.69) is 164 Å². The Morgan fingerprint density at radius 1 is 0.407 bits per heavy atom. The van der Waals surface area contributed by atoms with E-state index in [1.807, 2.05) is 30.3 Å². The van der Waals surface area contributed by atoms with Gasteiger partial charge in [0.25, 0.3) is 0 Å². The summed E-state index contributed by atoms with van der Waals surface area (Å²) in [7, 11) is 0. The molecule has 258 valence electrons. The summed E-state index contributed by atoms with van der Waals surface area (Å²) in [6.45, 7) is 9.54. The van der Waals surface area contributed by atoms with Crippen LogP contribution in [0.1, 0.15) is 49.9 Å². The smallest absolute Gasteiger partial charge is 0.248 e. The van der Waals surface area contributed by atoms with Gasteiger partial charge in [0, 0.05) is 27.6 Å². The van der Waals surface area contributed by atoms with Crippen LogP contribution < -0.4 is 4.90 Å². The molecule has 1 aliphatic heterocycles. The Morgan fingerprint density at radius 2 is 0.907 bits per heavy atom. The lowest BCUT2D eigenvalue weighted by Gasteiger charge is -2.43. The summed E-state index contributed by atoms with van der Waals surface area (Å²) < 4.78 is 6.12. The van der Waals surface area contributed by atoms with E-state index in [0.717, 1.165) is 16.8 Å². The first kappa shape index (κ1) is 31.0. The Morgan fingerprint density at radius 3 is 1.57 bits per heavy atom. The summed E-state index contributed by atoms with van der Waals surface area (Å²) >= 11 is 0. The number of para-hydroxylation sites is 1. The molecule has 54 heavy (non-hydrogen) atoms. The van der Waals surface area contributed by atoms with Gasteiger partial charge in [-0.2, -0.15) is 0 Å². The Balaban J connectivity index is 1.09. The van der Waals surface area contributed by atoms with Gasteiger partial charge in [0.2, 0.25) is 11.8 Å². The van der Waals surface area contributed by atoms with Gasteiger partial charge in [0.1, 0.15) is 0 Å². The highest BCUT2D eigenvalue weighted by Gasteiger charge is 2.42. The number of anilines is 3. The first-order valence-corrected chi connectivity index (χ1v) is 18.7. The molecular formula is C50H37N3O. The van der Waals surface area contributed by atoms with Crippen LogP contribution in [0.25, 0.3) is 66.4 Å². The van der Waals surface area contributed by atoms with Crippen LogP contribution in [0.4, 0.5) is 17.1 Å². The molecule has 0 amide bonds. The van der Waals surface area contributed by atoms with Crippen molar-refractivity contribution in [1.82, 2.24) is 10.2 Å². The zero-order chi connectivity index (χ0) is 36.3. The van der Waals surface area contributed by atoms with Crippen molar-refractivity contribution in [3.8, 4) is 34.0 Å². The second kappa shape index (κ2) is 11.0. The monoisotopic (exact) mass is 695 g/mol. The fourth-order valence-corrected chi connectivity index (χ4v) is 9.39. The van der Waals surface area contributed by atoms with Gasteiger partial charge in [-0.1, -0.05) is 113 Å². The van der Waals surface area contributed by atoms with E-state index in [1.165, 1.54) is 77.1 Å². The Kier molecular flexibility index (Phi) is 6.33. The van der Waals surface area contributed by atoms with Crippen molar-refractivity contribution in [2.24, 2.45) is 0 Å². The molecule has 0 bridgehead atoms. The highest BCUT2D eigenvalue weighted by Crippen LogP contribution is 2.58. The minimum absolute atomic E-state index is 0.203. The molecule has 0 spiro atoms. The summed E-state index contributed by atoms with van der Waals surface area (Å²) in [6.07, 6.45) is 0. The lowest BCUT2D eigenvalue weighted by Crippen LogP contribution is -2.31. The van der Waals surface area contributed by atoms with Gasteiger partial charge in [0.15, 0.2) is 0 Å². The van der Waals surface area contributed by atoms with E-state index in [0.29, 0.717) is 11.8 Å². The summed E-state index contributed by atoms with van der Waals surface area (Å²) in [5.74, 6) is 1.02. The van der Waals surface area contributed by atoms with Crippen molar-refractivity contribution in [2.75, 3.05) is 4.90 Å². The third-order valence-electron chi connectivity index (χ3n) is 12.2. The molecule has 9 aromatic rings. The Bertz CT molecular complexity index is 2990. The largest absolute Gasteiger partial charge is 0.416 e. The van der Waals surface area contributed by atoms with Crippen LogP contribution in [-0.2, 0) is 10.8 Å². The molecule has 0 saturated carbocycles. The number of benzene rings is 8. The van der Waals surface area contributed by atoms with Crippen molar-refractivity contribution < 1.29 is 4.42 Å². The molecule has 1 aliphatic carbocycles. The molecule has 0 atom stereocenters. The number of nitrogens with zero attached hydrogens (tertiary/aromatic N) is 3. The van der Waals surface area contributed by atoms with Crippen molar-refractivity contribution in [2.45, 2.75) is 38.5 Å². The molecule has 1 aromatic heterocycles. The van der Waals surface area contributed by atoms with Crippen molar-refractivity contribution in [3.63, 3.8) is 0 Å². The quantitative estimate of drug-likeness (QED) is 0.173. The van der Waals surface area contributed by atoms with E-state index >= 15 is 0 Å². The third-order valence-corrected chi connectivity index (χ3v) is 12.2. The minimum Gasteiger partial charge on any atom is -0.416 e. The number of hydrogen-bond donors (Lipinski definition) is 0. The van der Waals surface area contributed by atoms with Crippen LogP contribution in [0.3, 0.4) is 0 Å². The van der Waals surface area contributed by atoms with Crippen LogP contribution >= 0.6 is 0 Å². The van der Waals surface area contributed by atoms with Crippen LogP contribution in [-0.4, -0.2) is 10.2 Å². The zero-order valence-electron chi connectivity index (χ0n) is 30.7. The first-order chi connectivity index (χ1) is 26.3. The standard InChI is InChI=1S/C50H37N3O/c1-49(2)41-20-12-13-21-45(41)53(32-24-22-31(23-25-32)48-52-51-47(54-48)30-14-6-5-7-15-30)46-29-43-40(28-44(46)49)39-26-37-35-18-10-8-16-33(35)34-17-9-11-19-36(34)38(37)27-42(39)50(43,3)4/h5-29H,1-4H3.